The number of carboxylic acids is 1. The van der Waals surface area contributed by atoms with Gasteiger partial charge >= 0.3 is 5.97 Å². The summed E-state index contributed by atoms with van der Waals surface area (Å²) >= 11 is 12.2. The van der Waals surface area contributed by atoms with Crippen molar-refractivity contribution in [3.63, 3.8) is 0 Å². The second-order valence-electron chi connectivity index (χ2n) is 14.8. The van der Waals surface area contributed by atoms with Crippen molar-refractivity contribution >= 4 is 285 Å². The van der Waals surface area contributed by atoms with Crippen LogP contribution < -0.4 is 21.3 Å². The number of phenolic OH excluding ortho intramolecular Hbond substituents is 1. The van der Waals surface area contributed by atoms with Crippen molar-refractivity contribution in [1.29, 1.82) is 0 Å². The van der Waals surface area contributed by atoms with E-state index in [9.17, 15) is 79.9 Å². The summed E-state index contributed by atoms with van der Waals surface area (Å²) in [7, 11) is -25.5. The van der Waals surface area contributed by atoms with Gasteiger partial charge in [0.25, 0.3) is 50.6 Å². The minimum Gasteiger partial charge on any atom is -0.504 e. The molecule has 0 saturated heterocycles. The van der Waals surface area contributed by atoms with Crippen molar-refractivity contribution < 1.29 is 79.9 Å². The molecule has 0 bridgehead atoms. The molecule has 0 aliphatic heterocycles. The van der Waals surface area contributed by atoms with Gasteiger partial charge in [0.05, 0.1) is 43.0 Å². The van der Waals surface area contributed by atoms with Crippen LogP contribution in [-0.4, -0.2) is 259 Å². The minimum absolute atomic E-state index is 0. The Hall–Kier alpha value is -3.08. The molecule has 0 spiro atoms. The van der Waals surface area contributed by atoms with Gasteiger partial charge in [-0.1, -0.05) is 36.4 Å². The zero-order valence-electron chi connectivity index (χ0n) is 42.2. The average molecular weight is 1310 g/mol. The third-order valence-electron chi connectivity index (χ3n) is 9.49. The molecule has 82 heavy (non-hydrogen) atoms. The first-order valence-electron chi connectivity index (χ1n) is 20.0. The Morgan fingerprint density at radius 3 is 1.35 bits per heavy atom. The van der Waals surface area contributed by atoms with Gasteiger partial charge in [-0.15, -0.1) is 5.11 Å². The number of nitrogens with zero attached hydrogens (tertiary/aromatic N) is 10. The summed E-state index contributed by atoms with van der Waals surface area (Å²) in [5, 5.41) is 45.0. The Morgan fingerprint density at radius 2 is 0.902 bits per heavy atom. The molecule has 0 fully saturated rings. The summed E-state index contributed by atoms with van der Waals surface area (Å²) in [6.45, 7) is 0. The number of hydrogen-bond donors (Lipinski definition) is 11. The second-order valence-corrected chi connectivity index (χ2v) is 22.5. The molecule has 2 aromatic heterocycles. The Labute approximate surface area is 583 Å². The molecule has 0 aliphatic rings. The number of carboxylic acid groups (broad SMARTS) is 1. The molecule has 0 saturated carbocycles. The Balaban J connectivity index is 0.00000459. The van der Waals surface area contributed by atoms with Gasteiger partial charge in [0.1, 0.15) is 15.5 Å². The molecule has 407 valence electrons. The summed E-state index contributed by atoms with van der Waals surface area (Å²) < 4.78 is 172. The van der Waals surface area contributed by atoms with Crippen LogP contribution in [0.1, 0.15) is 22.1 Å². The number of phenols is 1. The molecule has 32 nitrogen and oxygen atoms in total. The number of azo groups is 2. The van der Waals surface area contributed by atoms with Crippen LogP contribution in [0.25, 0.3) is 0 Å². The van der Waals surface area contributed by atoms with Gasteiger partial charge in [-0.05, 0) is 83.9 Å². The van der Waals surface area contributed by atoms with E-state index in [2.05, 4.69) is 71.6 Å². The van der Waals surface area contributed by atoms with E-state index in [1.54, 1.807) is 6.07 Å². The van der Waals surface area contributed by atoms with Crippen molar-refractivity contribution in [2.45, 2.75) is 30.6 Å². The fraction of sp³-hybridized carbons (Fsp3) is 0.0263. The van der Waals surface area contributed by atoms with Gasteiger partial charge in [-0.25, -0.2) is 4.79 Å². The van der Waals surface area contributed by atoms with E-state index < -0.39 is 161 Å². The van der Waals surface area contributed by atoms with Crippen LogP contribution in [0, 0.1) is 0 Å². The van der Waals surface area contributed by atoms with E-state index in [0.717, 1.165) is 24.3 Å². The molecule has 11 N–H and O–H groups in total. The van der Waals surface area contributed by atoms with Crippen LogP contribution in [0.4, 0.5) is 57.9 Å². The van der Waals surface area contributed by atoms with Crippen LogP contribution in [0.2, 0.25) is 10.6 Å². The molecule has 7 rings (SSSR count). The fourth-order valence-corrected chi connectivity index (χ4v) is 9.38. The van der Waals surface area contributed by atoms with Crippen LogP contribution in [0.15, 0.2) is 142 Å². The monoisotopic (exact) mass is 1310 g/mol. The van der Waals surface area contributed by atoms with E-state index in [1.165, 1.54) is 36.4 Å². The van der Waals surface area contributed by atoms with Crippen molar-refractivity contribution in [2.24, 2.45) is 20.5 Å². The molecule has 5 radical (unpaired) electrons. The van der Waals surface area contributed by atoms with Crippen LogP contribution >= 0.6 is 23.2 Å². The number of rotatable bonds is 19. The molecule has 0 aliphatic carbocycles. The van der Waals surface area contributed by atoms with Gasteiger partial charge in [0.2, 0.25) is 40.5 Å². The largest absolute Gasteiger partial charge is 0.504 e. The van der Waals surface area contributed by atoms with Crippen molar-refractivity contribution in [1.82, 2.24) is 29.9 Å². The number of nitrogens with one attached hydrogen (secondary N) is 4. The predicted octanol–water partition coefficient (Wildman–Crippen LogP) is 4.64. The number of halogens is 2. The third-order valence-corrected chi connectivity index (χ3v) is 14.1. The van der Waals surface area contributed by atoms with Gasteiger partial charge < -0.3 is 31.5 Å². The predicted molar refractivity (Wildman–Crippen MR) is 293 cm³/mol. The number of aromatic carboxylic acids is 1. The van der Waals surface area contributed by atoms with Gasteiger partial charge in [-0.3, -0.25) is 22.8 Å². The Morgan fingerprint density at radius 1 is 0.463 bits per heavy atom. The topological polar surface area (TPSA) is 504 Å². The maximum absolute atomic E-state index is 12.8. The van der Waals surface area contributed by atoms with Gasteiger partial charge in [0.15, 0.2) is 5.75 Å². The van der Waals surface area contributed by atoms with Crippen LogP contribution in [0.5, 0.6) is 5.75 Å². The number of benzene rings is 5. The Bertz CT molecular complexity index is 4220. The van der Waals surface area contributed by atoms with E-state index in [1.807, 2.05) is 0 Å². The van der Waals surface area contributed by atoms with E-state index in [-0.39, 0.29) is 159 Å². The zero-order valence-corrected chi connectivity index (χ0v) is 57.8. The van der Waals surface area contributed by atoms with Crippen molar-refractivity contribution in [2.75, 3.05) is 21.3 Å². The molecule has 2 heterocycles. The number of aromatic nitrogens is 6. The standard InChI is InChI=1S/C38H28Cl2N14O18S5.5Na/c39-33-45-35(41-18-7-4-8-19(11-18)73(58,59)60)49-36(46-33)42-24-15-29(77(70,71)72)25(16-28(24)76(67,68)69)43-37-47-34(40)48-38(50-37)44-26-13-21(75(64,65)66)14-27(30(26)55)52-54-31(17-5-2-1-3-6-17)53-51-23-10-9-20(74(61,62)63)12-22(23)32(56)57;;;;;/h1-16,31,55H,(H,56,57)(H,58,59,60)(H,61,62,63)(H,64,65,66)(H,67,68,69)(H,70,71,72)(H2,41,42,45,46,49)(H2,43,44,47,48,50);;;;;. The molecule has 0 amide bonds. The molecular weight excluding hydrogens is 1290 g/mol. The second kappa shape index (κ2) is 30.5. The summed E-state index contributed by atoms with van der Waals surface area (Å²) in [6, 6.07) is 16.7. The zero-order chi connectivity index (χ0) is 56.4. The first-order valence-corrected chi connectivity index (χ1v) is 28.0. The summed E-state index contributed by atoms with van der Waals surface area (Å²) in [6.07, 6.45) is -1.52. The number of aromatic hydroxyl groups is 1. The Kier molecular flexibility index (Phi) is 27.9. The van der Waals surface area contributed by atoms with Crippen molar-refractivity contribution in [3.8, 4) is 5.75 Å². The molecule has 1 atom stereocenters. The fourth-order valence-electron chi connectivity index (χ4n) is 6.19. The SMILES string of the molecule is O=C(O)c1cc(S(=O)(=O)O)ccc1N=NC(N=Nc1cc(S(=O)(=O)O)cc(Nc2nc(Cl)nc(Nc3cc(S(=O)(=O)O)c(Nc4nc(Cl)nc(Nc5cccc(S(=O)(=O)O)c5)n4)cc3S(=O)(=O)O)n2)c1O)c1ccccc1.[Na].[Na].[Na].[Na].[Na]. The summed E-state index contributed by atoms with van der Waals surface area (Å²) in [5.41, 5.74) is -4.05. The third kappa shape index (κ3) is 20.3. The number of anilines is 8. The van der Waals surface area contributed by atoms with E-state index >= 15 is 0 Å². The summed E-state index contributed by atoms with van der Waals surface area (Å²) in [5.74, 6) is -5.19. The van der Waals surface area contributed by atoms with E-state index in [4.69, 9.17) is 23.2 Å². The number of hydrogen-bond acceptors (Lipinski definition) is 26. The summed E-state index contributed by atoms with van der Waals surface area (Å²) in [4.78, 5) is 30.4. The molecule has 44 heteroatoms. The quantitative estimate of drug-likeness (QED) is 0.0227. The smallest absolute Gasteiger partial charge is 0.338 e. The van der Waals surface area contributed by atoms with Crippen molar-refractivity contribution in [3.05, 3.63) is 119 Å². The molecule has 7 aromatic rings. The maximum atomic E-state index is 12.8. The first kappa shape index (κ1) is 75.0. The van der Waals surface area contributed by atoms with Crippen LogP contribution in [0.3, 0.4) is 0 Å². The first-order chi connectivity index (χ1) is 35.8. The normalized spacial score (nSPS) is 12.1. The minimum atomic E-state index is -5.42. The average Bonchev–Trinajstić information content (AvgIpc) is 3.31. The van der Waals surface area contributed by atoms with Crippen LogP contribution in [-0.2, 0) is 50.6 Å². The number of carbonyl (C=O) groups is 1. The maximum Gasteiger partial charge on any atom is 0.338 e. The van der Waals surface area contributed by atoms with E-state index in [0.29, 0.717) is 30.3 Å². The molecule has 1 unspecified atom stereocenters. The molecule has 5 aromatic carbocycles. The molecular formula is C38H28Cl2N14Na5O18S5. The van der Waals surface area contributed by atoms with Gasteiger partial charge in [-0.2, -0.15) is 87.3 Å². The van der Waals surface area contributed by atoms with Gasteiger partial charge in [0, 0.05) is 159 Å².